The van der Waals surface area contributed by atoms with Crippen LogP contribution in [0.2, 0.25) is 0 Å². The van der Waals surface area contributed by atoms with E-state index in [1.165, 1.54) is 0 Å². The van der Waals surface area contributed by atoms with Crippen LogP contribution >= 0.6 is 0 Å². The molecule has 0 aliphatic carbocycles. The van der Waals surface area contributed by atoms with Gasteiger partial charge in [0.2, 0.25) is 0 Å². The van der Waals surface area contributed by atoms with Crippen LogP contribution in [-0.4, -0.2) is 36.2 Å². The molecule has 0 radical (unpaired) electrons. The Morgan fingerprint density at radius 2 is 0.920 bits per heavy atom. The number of aryl methyl sites for hydroxylation is 3. The Morgan fingerprint density at radius 1 is 0.600 bits per heavy atom. The summed E-state index contributed by atoms with van der Waals surface area (Å²) in [5.41, 5.74) is -5.73. The minimum absolute atomic E-state index is 0.379. The van der Waals surface area contributed by atoms with Gasteiger partial charge in [-0.05, 0) is 78.6 Å². The van der Waals surface area contributed by atoms with E-state index in [-0.39, 0.29) is 16.7 Å². The van der Waals surface area contributed by atoms with E-state index in [2.05, 4.69) is 15.3 Å². The van der Waals surface area contributed by atoms with Crippen molar-refractivity contribution in [3.8, 4) is 0 Å². The first kappa shape index (κ1) is 5.86. The van der Waals surface area contributed by atoms with Gasteiger partial charge in [0.25, 0.3) is 0 Å². The first-order valence-corrected chi connectivity index (χ1v) is 7.22. The monoisotopic (exact) mass is 356 g/mol. The van der Waals surface area contributed by atoms with Crippen molar-refractivity contribution in [2.45, 2.75) is 61.9 Å². The third kappa shape index (κ3) is 2.53. The maximum Gasteiger partial charge on any atom is 0.569 e. The zero-order valence-electron chi connectivity index (χ0n) is 31.8. The van der Waals surface area contributed by atoms with Gasteiger partial charge in [0.1, 0.15) is 0 Å². The van der Waals surface area contributed by atoms with Gasteiger partial charge in [0.05, 0.1) is 17.1 Å². The molecule has 25 heavy (non-hydrogen) atoms. The van der Waals surface area contributed by atoms with Crippen LogP contribution in [0.25, 0.3) is 0 Å². The molecule has 0 fully saturated rings. The molecular formula is C18H27BN6. The number of hydrogen-bond acceptors (Lipinski definition) is 3. The van der Waals surface area contributed by atoms with Crippen LogP contribution in [0.1, 0.15) is 75.5 Å². The molecule has 6 nitrogen and oxygen atoms in total. The lowest BCUT2D eigenvalue weighted by molar-refractivity contribution is 0.729. The third-order valence-electron chi connectivity index (χ3n) is 4.10. The molecule has 0 atom stereocenters. The van der Waals surface area contributed by atoms with Gasteiger partial charge in [-0.15, -0.1) is 0 Å². The molecule has 0 spiro atoms. The van der Waals surface area contributed by atoms with Gasteiger partial charge in [-0.3, -0.25) is 13.8 Å². The molecule has 0 saturated heterocycles. The maximum absolute atomic E-state index is 8.16. The SMILES string of the molecule is [2H]C([2H])([2H])c1nn(B(n2nc(C([2H])([2H])[2H])c(C)c2C([2H])([2H])[2H])n2nc(C([2H])([2H])[2H])c(C)c2C([2H])([2H])[2H])c(C([2H])([2H])[2H])c1C. The van der Waals surface area contributed by atoms with E-state index in [0.717, 1.165) is 20.8 Å². The van der Waals surface area contributed by atoms with Crippen molar-refractivity contribution in [1.29, 1.82) is 0 Å². The van der Waals surface area contributed by atoms with Crippen molar-refractivity contribution in [1.82, 2.24) is 29.1 Å². The summed E-state index contributed by atoms with van der Waals surface area (Å²) >= 11 is 0. The summed E-state index contributed by atoms with van der Waals surface area (Å²) in [5, 5.41) is 11.9. The van der Waals surface area contributed by atoms with Crippen LogP contribution in [0.15, 0.2) is 0 Å². The zero-order chi connectivity index (χ0) is 33.6. The van der Waals surface area contributed by atoms with Gasteiger partial charge in [-0.1, -0.05) is 0 Å². The van der Waals surface area contributed by atoms with Gasteiger partial charge in [0, 0.05) is 41.8 Å². The minimum atomic E-state index is -3.16. The highest BCUT2D eigenvalue weighted by Gasteiger charge is 2.34. The molecule has 0 aliphatic heterocycles. The van der Waals surface area contributed by atoms with Crippen molar-refractivity contribution in [3.63, 3.8) is 0 Å². The quantitative estimate of drug-likeness (QED) is 0.678. The molecule has 132 valence electrons. The average Bonchev–Trinajstić information content (AvgIpc) is 3.37. The van der Waals surface area contributed by atoms with E-state index in [4.69, 9.17) is 24.7 Å². The summed E-state index contributed by atoms with van der Waals surface area (Å²) < 4.78 is 146. The van der Waals surface area contributed by atoms with Crippen molar-refractivity contribution in [3.05, 3.63) is 50.9 Å². The van der Waals surface area contributed by atoms with Gasteiger partial charge >= 0.3 is 7.12 Å². The molecule has 3 rings (SSSR count). The molecule has 0 unspecified atom stereocenters. The Kier molecular flexibility index (Phi) is 1.38. The topological polar surface area (TPSA) is 53.5 Å². The Bertz CT molecular complexity index is 1340. The number of rotatable bonds is 3. The lowest BCUT2D eigenvalue weighted by atomic mass is 9.92. The Balaban J connectivity index is 2.74. The summed E-state index contributed by atoms with van der Waals surface area (Å²) in [6, 6.07) is 0. The highest BCUT2D eigenvalue weighted by atomic mass is 15.5. The predicted octanol–water partition coefficient (Wildman–Crippen LogP) is 2.98. The van der Waals surface area contributed by atoms with Crippen LogP contribution in [0.3, 0.4) is 0 Å². The molecule has 3 heterocycles. The zero-order valence-corrected chi connectivity index (χ0v) is 13.8. The summed E-state index contributed by atoms with van der Waals surface area (Å²) in [4.78, 5) is 0. The smallest absolute Gasteiger partial charge is 0.265 e. The van der Waals surface area contributed by atoms with Crippen molar-refractivity contribution < 1.29 is 24.7 Å². The molecule has 3 aromatic heterocycles. The van der Waals surface area contributed by atoms with Crippen LogP contribution in [0.4, 0.5) is 0 Å². The summed E-state index contributed by atoms with van der Waals surface area (Å²) in [7, 11) is -2.25. The van der Waals surface area contributed by atoms with E-state index in [9.17, 15) is 0 Å². The molecule has 0 N–H and O–H groups in total. The molecule has 0 aromatic carbocycles. The Morgan fingerprint density at radius 3 is 1.16 bits per heavy atom. The first-order valence-electron chi connectivity index (χ1n) is 16.2. The first-order chi connectivity index (χ1) is 18.9. The number of nitrogens with zero attached hydrogens (tertiary/aromatic N) is 6. The molecule has 0 aliphatic rings. The van der Waals surface area contributed by atoms with Crippen LogP contribution in [-0.2, 0) is 0 Å². The van der Waals surface area contributed by atoms with E-state index in [0.29, 0.717) is 13.8 Å². The van der Waals surface area contributed by atoms with Gasteiger partial charge in [-0.25, -0.2) is 0 Å². The maximum atomic E-state index is 8.16. The fraction of sp³-hybridized carbons (Fsp3) is 0.500. The van der Waals surface area contributed by atoms with E-state index < -0.39 is 82.4 Å². The van der Waals surface area contributed by atoms with E-state index in [1.54, 1.807) is 0 Å². The second-order valence-electron chi connectivity index (χ2n) is 5.65. The summed E-state index contributed by atoms with van der Waals surface area (Å²) in [6.07, 6.45) is 0. The highest BCUT2D eigenvalue weighted by molar-refractivity contribution is 6.53. The molecule has 7 heteroatoms. The predicted molar refractivity (Wildman–Crippen MR) is 101 cm³/mol. The van der Waals surface area contributed by atoms with Crippen molar-refractivity contribution in [2.75, 3.05) is 0 Å². The fourth-order valence-corrected chi connectivity index (χ4v) is 2.36. The highest BCUT2D eigenvalue weighted by Crippen LogP contribution is 2.19. The average molecular weight is 356 g/mol. The van der Waals surface area contributed by atoms with E-state index in [1.807, 2.05) is 0 Å². The van der Waals surface area contributed by atoms with Crippen LogP contribution in [0.5, 0.6) is 0 Å². The molecular weight excluding hydrogens is 311 g/mol. The van der Waals surface area contributed by atoms with Gasteiger partial charge < -0.3 is 0 Å². The van der Waals surface area contributed by atoms with Crippen LogP contribution in [0, 0.1) is 61.9 Å². The second-order valence-corrected chi connectivity index (χ2v) is 5.65. The lowest BCUT2D eigenvalue weighted by Gasteiger charge is -2.19. The summed E-state index contributed by atoms with van der Waals surface area (Å²) in [5.74, 6) is 0. The number of aromatic nitrogens is 6. The molecule has 0 bridgehead atoms. The standard InChI is InChI=1S/C18H27BN6/c1-10-13(4)20-23(16(10)7)19(24-17(8)11(2)14(5)21-24)25-18(9)12(3)15(6)22-25/h1-9H3/i4D3,5D3,6D3,7D3,8D3,9D3. The Labute approximate surface area is 175 Å². The number of hydrogen-bond donors (Lipinski definition) is 0. The van der Waals surface area contributed by atoms with Gasteiger partial charge in [-0.2, -0.15) is 15.3 Å². The van der Waals surface area contributed by atoms with Gasteiger partial charge in [0.15, 0.2) is 0 Å². The summed E-state index contributed by atoms with van der Waals surface area (Å²) in [6.45, 7) is -15.2. The van der Waals surface area contributed by atoms with Crippen LogP contribution < -0.4 is 0 Å². The Hall–Kier alpha value is -2.31. The molecule has 3 aromatic rings. The molecule has 0 amide bonds. The van der Waals surface area contributed by atoms with Crippen molar-refractivity contribution in [2.24, 2.45) is 0 Å². The normalized spacial score (nSPS) is 25.1. The van der Waals surface area contributed by atoms with Crippen molar-refractivity contribution >= 4 is 7.12 Å². The minimum Gasteiger partial charge on any atom is -0.265 e. The second kappa shape index (κ2) is 5.90. The third-order valence-corrected chi connectivity index (χ3v) is 4.10. The van der Waals surface area contributed by atoms with E-state index >= 15 is 0 Å². The lowest BCUT2D eigenvalue weighted by Crippen LogP contribution is -2.45. The fourth-order valence-electron chi connectivity index (χ4n) is 2.36. The molecule has 0 saturated carbocycles. The largest absolute Gasteiger partial charge is 0.569 e.